The average molecular weight is 304 g/mol. The van der Waals surface area contributed by atoms with E-state index < -0.39 is 19.6 Å². The third-order valence-corrected chi connectivity index (χ3v) is 3.23. The summed E-state index contributed by atoms with van der Waals surface area (Å²) in [5.74, 6) is 0.474. The zero-order valence-corrected chi connectivity index (χ0v) is 11.6. The van der Waals surface area contributed by atoms with Crippen molar-refractivity contribution in [2.24, 2.45) is 5.73 Å². The zero-order chi connectivity index (χ0) is 15.3. The number of benzene rings is 1. The summed E-state index contributed by atoms with van der Waals surface area (Å²) in [6, 6.07) is 7.36. The fourth-order valence-corrected chi connectivity index (χ4v) is 2.26. The van der Waals surface area contributed by atoms with Gasteiger partial charge in [0.1, 0.15) is 12.4 Å². The Morgan fingerprint density at radius 2 is 1.95 bits per heavy atom. The summed E-state index contributed by atoms with van der Waals surface area (Å²) < 4.78 is 45.1. The fraction of sp³-hybridized carbons (Fsp3) is 0.571. The van der Waals surface area contributed by atoms with E-state index in [2.05, 4.69) is 9.64 Å². The molecule has 21 heavy (non-hydrogen) atoms. The third kappa shape index (κ3) is 5.43. The Labute approximate surface area is 121 Å². The Morgan fingerprint density at radius 1 is 1.24 bits per heavy atom. The Bertz CT molecular complexity index is 437. The van der Waals surface area contributed by atoms with Crippen LogP contribution in [0.5, 0.6) is 5.75 Å². The highest BCUT2D eigenvalue weighted by Gasteiger charge is 2.27. The average Bonchev–Trinajstić information content (AvgIpc) is 2.43. The number of halogens is 3. The van der Waals surface area contributed by atoms with Crippen LogP contribution in [0.3, 0.4) is 0 Å². The second-order valence-corrected chi connectivity index (χ2v) is 5.07. The van der Waals surface area contributed by atoms with E-state index in [1.54, 1.807) is 12.1 Å². The van der Waals surface area contributed by atoms with Gasteiger partial charge in [-0.3, -0.25) is 0 Å². The summed E-state index contributed by atoms with van der Waals surface area (Å²) in [5, 5.41) is 0. The molecule has 0 radical (unpaired) electrons. The minimum atomic E-state index is -4.33. The van der Waals surface area contributed by atoms with Crippen LogP contribution in [0.2, 0.25) is 0 Å². The molecular weight excluding hydrogens is 285 g/mol. The first-order chi connectivity index (χ1) is 9.94. The van der Waals surface area contributed by atoms with Crippen molar-refractivity contribution in [3.8, 4) is 5.75 Å². The number of nitrogens with two attached hydrogens (primary N) is 1. The van der Waals surface area contributed by atoms with E-state index in [1.165, 1.54) is 0 Å². The van der Waals surface area contributed by atoms with Gasteiger partial charge in [-0.1, -0.05) is 0 Å². The maximum absolute atomic E-state index is 11.9. The first-order valence-corrected chi connectivity index (χ1v) is 6.82. The van der Waals surface area contributed by atoms with Gasteiger partial charge in [-0.15, -0.1) is 0 Å². The molecule has 0 bridgehead atoms. The van der Waals surface area contributed by atoms with Crippen molar-refractivity contribution < 1.29 is 22.6 Å². The van der Waals surface area contributed by atoms with Crippen LogP contribution in [0.25, 0.3) is 0 Å². The van der Waals surface area contributed by atoms with Crippen LogP contribution in [0.1, 0.15) is 12.8 Å². The number of ether oxygens (including phenoxy) is 2. The topological polar surface area (TPSA) is 47.7 Å². The molecule has 7 heteroatoms. The lowest BCUT2D eigenvalue weighted by atomic mass is 10.1. The van der Waals surface area contributed by atoms with Gasteiger partial charge in [0, 0.05) is 24.8 Å². The Kier molecular flexibility index (Phi) is 5.30. The highest BCUT2D eigenvalue weighted by atomic mass is 19.4. The van der Waals surface area contributed by atoms with Crippen LogP contribution in [0.15, 0.2) is 24.3 Å². The molecule has 0 spiro atoms. The van der Waals surface area contributed by atoms with Crippen molar-refractivity contribution in [2.75, 3.05) is 31.4 Å². The largest absolute Gasteiger partial charge is 0.468 e. The van der Waals surface area contributed by atoms with Crippen LogP contribution in [-0.2, 0) is 4.74 Å². The van der Waals surface area contributed by atoms with Crippen LogP contribution in [0.4, 0.5) is 18.9 Å². The van der Waals surface area contributed by atoms with Crippen LogP contribution in [-0.4, -0.2) is 38.7 Å². The molecule has 0 aliphatic carbocycles. The number of alkyl halides is 3. The summed E-state index contributed by atoms with van der Waals surface area (Å²) >= 11 is 0. The summed E-state index contributed by atoms with van der Waals surface area (Å²) in [6.45, 7) is 0.0433. The Hall–Kier alpha value is -1.47. The lowest BCUT2D eigenvalue weighted by molar-refractivity contribution is -0.186. The van der Waals surface area contributed by atoms with Crippen molar-refractivity contribution in [3.05, 3.63) is 24.3 Å². The van der Waals surface area contributed by atoms with Crippen molar-refractivity contribution >= 4 is 5.69 Å². The predicted molar refractivity (Wildman–Crippen MR) is 73.4 cm³/mol. The van der Waals surface area contributed by atoms with Gasteiger partial charge in [-0.25, -0.2) is 0 Å². The molecular formula is C14H19F3N2O2. The van der Waals surface area contributed by atoms with E-state index in [4.69, 9.17) is 10.5 Å². The molecule has 1 saturated heterocycles. The van der Waals surface area contributed by atoms with Gasteiger partial charge in [0.2, 0.25) is 0 Å². The molecule has 0 saturated carbocycles. The van der Waals surface area contributed by atoms with E-state index in [0.717, 1.165) is 31.6 Å². The molecule has 1 aromatic rings. The number of piperidine rings is 1. The second-order valence-electron chi connectivity index (χ2n) is 5.07. The minimum absolute atomic E-state index is 0.186. The monoisotopic (exact) mass is 304 g/mol. The van der Waals surface area contributed by atoms with Gasteiger partial charge in [-0.2, -0.15) is 13.2 Å². The van der Waals surface area contributed by atoms with Crippen LogP contribution < -0.4 is 15.4 Å². The first-order valence-electron chi connectivity index (χ1n) is 6.82. The molecule has 1 fully saturated rings. The molecule has 2 N–H and O–H groups in total. The molecule has 1 aliphatic heterocycles. The second kappa shape index (κ2) is 7.00. The predicted octanol–water partition coefficient (Wildman–Crippen LogP) is 2.53. The molecule has 0 amide bonds. The molecule has 2 rings (SSSR count). The Balaban J connectivity index is 1.79. The number of hydrogen-bond donors (Lipinski definition) is 1. The summed E-state index contributed by atoms with van der Waals surface area (Å²) in [4.78, 5) is 2.19. The molecule has 1 aliphatic rings. The number of anilines is 1. The van der Waals surface area contributed by atoms with Gasteiger partial charge in [-0.05, 0) is 37.1 Å². The molecule has 118 valence electrons. The van der Waals surface area contributed by atoms with Gasteiger partial charge >= 0.3 is 6.18 Å². The van der Waals surface area contributed by atoms with Crippen molar-refractivity contribution in [3.63, 3.8) is 0 Å². The summed E-state index contributed by atoms with van der Waals surface area (Å²) in [5.41, 5.74) is 6.97. The standard InChI is InChI=1S/C14H19F3N2O2/c15-14(16,17)9-20-10-21-13-5-3-12(4-6-13)19-7-1-2-11(18)8-19/h3-6,11H,1-2,7-10,18H2. The van der Waals surface area contributed by atoms with Gasteiger partial charge < -0.3 is 20.1 Å². The van der Waals surface area contributed by atoms with Crippen molar-refractivity contribution in [2.45, 2.75) is 25.1 Å². The van der Waals surface area contributed by atoms with Gasteiger partial charge in [0.25, 0.3) is 0 Å². The Morgan fingerprint density at radius 3 is 2.57 bits per heavy atom. The zero-order valence-electron chi connectivity index (χ0n) is 11.6. The lowest BCUT2D eigenvalue weighted by Crippen LogP contribution is -2.42. The molecule has 0 aromatic heterocycles. The van der Waals surface area contributed by atoms with E-state index in [9.17, 15) is 13.2 Å². The number of rotatable bonds is 5. The van der Waals surface area contributed by atoms with E-state index in [-0.39, 0.29) is 6.04 Å². The SMILES string of the molecule is NC1CCCN(c2ccc(OCOCC(F)(F)F)cc2)C1. The van der Waals surface area contributed by atoms with E-state index in [0.29, 0.717) is 5.75 Å². The highest BCUT2D eigenvalue weighted by molar-refractivity contribution is 5.49. The van der Waals surface area contributed by atoms with Gasteiger partial charge in [0.15, 0.2) is 6.79 Å². The van der Waals surface area contributed by atoms with Crippen LogP contribution >= 0.6 is 0 Å². The highest BCUT2D eigenvalue weighted by Crippen LogP contribution is 2.22. The maximum atomic E-state index is 11.9. The minimum Gasteiger partial charge on any atom is -0.468 e. The van der Waals surface area contributed by atoms with Crippen LogP contribution in [0, 0.1) is 0 Å². The number of nitrogens with zero attached hydrogens (tertiary/aromatic N) is 1. The summed E-state index contributed by atoms with van der Waals surface area (Å²) in [6.07, 6.45) is -2.24. The smallest absolute Gasteiger partial charge is 0.411 e. The van der Waals surface area contributed by atoms with Crippen molar-refractivity contribution in [1.29, 1.82) is 0 Å². The molecule has 1 atom stereocenters. The normalized spacial score (nSPS) is 19.6. The molecule has 1 unspecified atom stereocenters. The van der Waals surface area contributed by atoms with E-state index in [1.807, 2.05) is 12.1 Å². The lowest BCUT2D eigenvalue weighted by Gasteiger charge is -2.32. The molecule has 4 nitrogen and oxygen atoms in total. The third-order valence-electron chi connectivity index (χ3n) is 3.23. The quantitative estimate of drug-likeness (QED) is 0.671. The van der Waals surface area contributed by atoms with Crippen molar-refractivity contribution in [1.82, 2.24) is 0 Å². The number of hydrogen-bond acceptors (Lipinski definition) is 4. The van der Waals surface area contributed by atoms with E-state index >= 15 is 0 Å². The van der Waals surface area contributed by atoms with Gasteiger partial charge in [0.05, 0.1) is 0 Å². The first kappa shape index (κ1) is 15.9. The fourth-order valence-electron chi connectivity index (χ4n) is 2.26. The molecule has 1 aromatic carbocycles. The maximum Gasteiger partial charge on any atom is 0.411 e. The molecule has 1 heterocycles. The summed E-state index contributed by atoms with van der Waals surface area (Å²) in [7, 11) is 0.